The molecule has 1 aromatic heterocycles. The largest absolute Gasteiger partial charge is 0.380 e. The first-order valence-electron chi connectivity index (χ1n) is 12.6. The van der Waals surface area contributed by atoms with Gasteiger partial charge in [0.05, 0.1) is 18.0 Å². The SMILES string of the molecule is CCOCC1Cc2ccccc2CN1Cc1c(CC)nn(-c2c(C)cc(C=O)cc2C)c1CC. The van der Waals surface area contributed by atoms with E-state index in [1.165, 1.54) is 22.4 Å². The first-order valence-corrected chi connectivity index (χ1v) is 12.6. The molecular weight excluding hydrogens is 422 g/mol. The molecule has 1 aliphatic rings. The quantitative estimate of drug-likeness (QED) is 0.403. The van der Waals surface area contributed by atoms with E-state index in [1.807, 2.05) is 12.1 Å². The first kappa shape index (κ1) is 24.4. The molecule has 0 spiro atoms. The Morgan fingerprint density at radius 1 is 1.06 bits per heavy atom. The standard InChI is InChI=1S/C29H37N3O2/c1-6-27-26(17-31-16-24-12-10-9-11-23(24)15-25(31)19-34-8-3)28(7-2)32(30-27)29-20(4)13-22(18-33)14-21(29)5/h9-14,18,25H,6-8,15-17,19H2,1-5H3. The lowest BCUT2D eigenvalue weighted by molar-refractivity contribution is 0.0511. The minimum absolute atomic E-state index is 0.350. The van der Waals surface area contributed by atoms with Crippen molar-refractivity contribution in [1.82, 2.24) is 14.7 Å². The van der Waals surface area contributed by atoms with Crippen molar-refractivity contribution in [2.45, 2.75) is 73.0 Å². The van der Waals surface area contributed by atoms with Crippen LogP contribution < -0.4 is 0 Å². The van der Waals surface area contributed by atoms with Gasteiger partial charge in [0.2, 0.25) is 0 Å². The molecule has 180 valence electrons. The van der Waals surface area contributed by atoms with E-state index in [4.69, 9.17) is 9.84 Å². The van der Waals surface area contributed by atoms with Gasteiger partial charge in [-0.15, -0.1) is 0 Å². The maximum atomic E-state index is 11.4. The predicted octanol–water partition coefficient (Wildman–Crippen LogP) is 5.39. The zero-order chi connectivity index (χ0) is 24.2. The molecule has 0 fully saturated rings. The highest BCUT2D eigenvalue weighted by molar-refractivity contribution is 5.77. The highest BCUT2D eigenvalue weighted by Crippen LogP contribution is 2.30. The summed E-state index contributed by atoms with van der Waals surface area (Å²) in [6, 6.07) is 13.1. The minimum atomic E-state index is 0.350. The number of carbonyl (C=O) groups is 1. The van der Waals surface area contributed by atoms with Gasteiger partial charge in [0.1, 0.15) is 6.29 Å². The average molecular weight is 460 g/mol. The number of nitrogens with zero attached hydrogens (tertiary/aromatic N) is 3. The summed E-state index contributed by atoms with van der Waals surface area (Å²) in [6.45, 7) is 13.9. The zero-order valence-electron chi connectivity index (χ0n) is 21.2. The minimum Gasteiger partial charge on any atom is -0.380 e. The highest BCUT2D eigenvalue weighted by Gasteiger charge is 2.29. The van der Waals surface area contributed by atoms with Crippen molar-refractivity contribution in [3.8, 4) is 5.69 Å². The Hall–Kier alpha value is -2.76. The van der Waals surface area contributed by atoms with E-state index in [9.17, 15) is 4.79 Å². The summed E-state index contributed by atoms with van der Waals surface area (Å²) in [6.07, 6.45) is 3.72. The van der Waals surface area contributed by atoms with Gasteiger partial charge in [-0.05, 0) is 74.4 Å². The van der Waals surface area contributed by atoms with E-state index in [0.29, 0.717) is 11.6 Å². The van der Waals surface area contributed by atoms with Crippen molar-refractivity contribution in [2.75, 3.05) is 13.2 Å². The molecule has 0 radical (unpaired) electrons. The van der Waals surface area contributed by atoms with Gasteiger partial charge in [-0.1, -0.05) is 38.1 Å². The summed E-state index contributed by atoms with van der Waals surface area (Å²) in [5, 5.41) is 5.11. The Labute approximate surface area is 203 Å². The molecule has 2 heterocycles. The van der Waals surface area contributed by atoms with Gasteiger partial charge in [0.15, 0.2) is 0 Å². The molecule has 5 heteroatoms. The molecule has 1 atom stereocenters. The van der Waals surface area contributed by atoms with Crippen LogP contribution in [0.4, 0.5) is 0 Å². The second-order valence-electron chi connectivity index (χ2n) is 9.30. The molecule has 3 aromatic rings. The molecular formula is C29H37N3O2. The number of ether oxygens (including phenoxy) is 1. The molecule has 0 saturated carbocycles. The number of hydrogen-bond acceptors (Lipinski definition) is 4. The average Bonchev–Trinajstić information content (AvgIpc) is 3.18. The lowest BCUT2D eigenvalue weighted by Gasteiger charge is -2.37. The Balaban J connectivity index is 1.75. The Kier molecular flexibility index (Phi) is 7.64. The first-order chi connectivity index (χ1) is 16.5. The summed E-state index contributed by atoms with van der Waals surface area (Å²) in [5.41, 5.74) is 10.6. The van der Waals surface area contributed by atoms with Gasteiger partial charge in [-0.25, -0.2) is 4.68 Å². The van der Waals surface area contributed by atoms with Crippen LogP contribution in [0.2, 0.25) is 0 Å². The van der Waals surface area contributed by atoms with Gasteiger partial charge >= 0.3 is 0 Å². The fraction of sp³-hybridized carbons (Fsp3) is 0.448. The van der Waals surface area contributed by atoms with Crippen LogP contribution in [0, 0.1) is 13.8 Å². The highest BCUT2D eigenvalue weighted by atomic mass is 16.5. The normalized spacial score (nSPS) is 16.0. The molecule has 4 rings (SSSR count). The summed E-state index contributed by atoms with van der Waals surface area (Å²) in [4.78, 5) is 13.9. The number of fused-ring (bicyclic) bond motifs is 1. The maximum absolute atomic E-state index is 11.4. The maximum Gasteiger partial charge on any atom is 0.150 e. The fourth-order valence-electron chi connectivity index (χ4n) is 5.39. The van der Waals surface area contributed by atoms with Crippen LogP contribution >= 0.6 is 0 Å². The van der Waals surface area contributed by atoms with Crippen molar-refractivity contribution in [1.29, 1.82) is 0 Å². The Morgan fingerprint density at radius 2 is 1.76 bits per heavy atom. The lowest BCUT2D eigenvalue weighted by Crippen LogP contribution is -2.43. The number of aryl methyl sites for hydroxylation is 3. The van der Waals surface area contributed by atoms with E-state index in [0.717, 1.165) is 74.4 Å². The molecule has 0 bridgehead atoms. The van der Waals surface area contributed by atoms with Gasteiger partial charge in [-0.2, -0.15) is 5.10 Å². The monoisotopic (exact) mass is 459 g/mol. The smallest absolute Gasteiger partial charge is 0.150 e. The summed E-state index contributed by atoms with van der Waals surface area (Å²) < 4.78 is 8.05. The third-order valence-corrected chi connectivity index (χ3v) is 7.04. The van der Waals surface area contributed by atoms with Gasteiger partial charge in [0, 0.05) is 42.6 Å². The van der Waals surface area contributed by atoms with E-state index in [1.54, 1.807) is 0 Å². The molecule has 5 nitrogen and oxygen atoms in total. The summed E-state index contributed by atoms with van der Waals surface area (Å²) >= 11 is 0. The number of benzene rings is 2. The Morgan fingerprint density at radius 3 is 2.38 bits per heavy atom. The van der Waals surface area contributed by atoms with Crippen LogP contribution in [-0.4, -0.2) is 40.2 Å². The summed E-state index contributed by atoms with van der Waals surface area (Å²) in [5.74, 6) is 0. The molecule has 2 aromatic carbocycles. The van der Waals surface area contributed by atoms with E-state index in [2.05, 4.69) is 68.5 Å². The van der Waals surface area contributed by atoms with Crippen LogP contribution in [0.3, 0.4) is 0 Å². The van der Waals surface area contributed by atoms with Crippen LogP contribution in [0.15, 0.2) is 36.4 Å². The van der Waals surface area contributed by atoms with Gasteiger partial charge in [-0.3, -0.25) is 9.69 Å². The van der Waals surface area contributed by atoms with E-state index in [-0.39, 0.29) is 0 Å². The number of aldehydes is 1. The third-order valence-electron chi connectivity index (χ3n) is 7.04. The van der Waals surface area contributed by atoms with Gasteiger partial charge < -0.3 is 4.74 Å². The van der Waals surface area contributed by atoms with Crippen LogP contribution in [0.5, 0.6) is 0 Å². The molecule has 34 heavy (non-hydrogen) atoms. The lowest BCUT2D eigenvalue weighted by atomic mass is 9.93. The zero-order valence-corrected chi connectivity index (χ0v) is 21.2. The molecule has 0 saturated heterocycles. The number of carbonyl (C=O) groups excluding carboxylic acids is 1. The fourth-order valence-corrected chi connectivity index (χ4v) is 5.39. The van der Waals surface area contributed by atoms with Crippen molar-refractivity contribution in [3.05, 3.63) is 81.2 Å². The summed E-state index contributed by atoms with van der Waals surface area (Å²) in [7, 11) is 0. The number of hydrogen-bond donors (Lipinski definition) is 0. The number of rotatable bonds is 9. The van der Waals surface area contributed by atoms with E-state index >= 15 is 0 Å². The second-order valence-corrected chi connectivity index (χ2v) is 9.30. The Bertz CT molecular complexity index is 1140. The second kappa shape index (κ2) is 10.7. The predicted molar refractivity (Wildman–Crippen MR) is 137 cm³/mol. The molecule has 0 N–H and O–H groups in total. The third kappa shape index (κ3) is 4.73. The van der Waals surface area contributed by atoms with E-state index < -0.39 is 0 Å². The molecule has 1 unspecified atom stereocenters. The van der Waals surface area contributed by atoms with Crippen LogP contribution in [-0.2, 0) is 37.1 Å². The van der Waals surface area contributed by atoms with Crippen molar-refractivity contribution in [2.24, 2.45) is 0 Å². The van der Waals surface area contributed by atoms with Crippen LogP contribution in [0.25, 0.3) is 5.69 Å². The topological polar surface area (TPSA) is 47.4 Å². The molecule has 1 aliphatic heterocycles. The van der Waals surface area contributed by atoms with Gasteiger partial charge in [0.25, 0.3) is 0 Å². The molecule has 0 aliphatic carbocycles. The molecule has 0 amide bonds. The van der Waals surface area contributed by atoms with Crippen molar-refractivity contribution in [3.63, 3.8) is 0 Å². The number of aromatic nitrogens is 2. The van der Waals surface area contributed by atoms with Crippen molar-refractivity contribution >= 4 is 6.29 Å². The van der Waals surface area contributed by atoms with Crippen LogP contribution in [0.1, 0.15) is 70.3 Å². The van der Waals surface area contributed by atoms with Crippen molar-refractivity contribution < 1.29 is 9.53 Å².